The minimum Gasteiger partial charge on any atom is -0.385 e. The second kappa shape index (κ2) is 5.40. The molecule has 0 aliphatic carbocycles. The van der Waals surface area contributed by atoms with Gasteiger partial charge in [0.2, 0.25) is 10.0 Å². The molecular weight excluding hydrogens is 290 g/mol. The summed E-state index contributed by atoms with van der Waals surface area (Å²) in [6, 6.07) is 7.18. The number of hydrogen-bond acceptors (Lipinski definition) is 5. The van der Waals surface area contributed by atoms with Crippen molar-refractivity contribution in [3.05, 3.63) is 41.3 Å². The minimum absolute atomic E-state index is 0.195. The zero-order valence-corrected chi connectivity index (χ0v) is 12.5. The molecule has 0 spiro atoms. The lowest BCUT2D eigenvalue weighted by Gasteiger charge is -2.19. The summed E-state index contributed by atoms with van der Waals surface area (Å²) in [4.78, 5) is 0. The number of sulfonamides is 1. The van der Waals surface area contributed by atoms with Crippen LogP contribution in [0.2, 0.25) is 0 Å². The maximum Gasteiger partial charge on any atom is 0.238 e. The number of fused-ring (bicyclic) bond motifs is 1. The highest BCUT2D eigenvalue weighted by Crippen LogP contribution is 2.25. The van der Waals surface area contributed by atoms with Gasteiger partial charge in [-0.25, -0.2) is 8.42 Å². The molecule has 3 rings (SSSR count). The molecule has 1 aromatic carbocycles. The van der Waals surface area contributed by atoms with Crippen molar-refractivity contribution in [3.8, 4) is 0 Å². The van der Waals surface area contributed by atoms with E-state index in [9.17, 15) is 8.42 Å². The summed E-state index contributed by atoms with van der Waals surface area (Å²) >= 11 is 0. The van der Waals surface area contributed by atoms with Crippen LogP contribution in [0.1, 0.15) is 23.4 Å². The molecule has 112 valence electrons. The third kappa shape index (κ3) is 3.36. The van der Waals surface area contributed by atoms with Gasteiger partial charge in [0.15, 0.2) is 0 Å². The number of anilines is 2. The van der Waals surface area contributed by atoms with Crippen molar-refractivity contribution in [1.29, 1.82) is 0 Å². The van der Waals surface area contributed by atoms with Crippen LogP contribution in [0.25, 0.3) is 0 Å². The Bertz CT molecular complexity index is 753. The molecule has 1 aliphatic rings. The van der Waals surface area contributed by atoms with Crippen LogP contribution in [0.5, 0.6) is 0 Å². The van der Waals surface area contributed by atoms with Gasteiger partial charge < -0.3 is 9.84 Å². The van der Waals surface area contributed by atoms with Crippen molar-refractivity contribution in [2.45, 2.75) is 25.5 Å². The van der Waals surface area contributed by atoms with Crippen LogP contribution in [0.3, 0.4) is 0 Å². The number of nitrogens with zero attached hydrogens (tertiary/aromatic N) is 1. The third-order valence-corrected chi connectivity index (χ3v) is 4.55. The highest BCUT2D eigenvalue weighted by molar-refractivity contribution is 7.91. The van der Waals surface area contributed by atoms with Gasteiger partial charge in [0.1, 0.15) is 17.2 Å². The summed E-state index contributed by atoms with van der Waals surface area (Å²) in [5, 5.41) is 7.00. The van der Waals surface area contributed by atoms with Crippen molar-refractivity contribution in [2.75, 3.05) is 16.6 Å². The number of aromatic nitrogens is 1. The number of aryl methyl sites for hydroxylation is 2. The van der Waals surface area contributed by atoms with Crippen molar-refractivity contribution < 1.29 is 12.9 Å². The number of hydrogen-bond donors (Lipinski definition) is 2. The predicted octanol–water partition coefficient (Wildman–Crippen LogP) is 2.28. The van der Waals surface area contributed by atoms with Gasteiger partial charge in [0.25, 0.3) is 0 Å². The van der Waals surface area contributed by atoms with E-state index < -0.39 is 10.0 Å². The lowest BCUT2D eigenvalue weighted by atomic mass is 10.0. The molecule has 0 atom stereocenters. The Labute approximate surface area is 123 Å². The maximum absolute atomic E-state index is 12.1. The zero-order valence-electron chi connectivity index (χ0n) is 11.7. The number of rotatable bonds is 4. The summed E-state index contributed by atoms with van der Waals surface area (Å²) in [5.74, 6) is 0.403. The molecule has 0 fully saturated rings. The van der Waals surface area contributed by atoms with E-state index in [1.165, 1.54) is 0 Å². The zero-order chi connectivity index (χ0) is 14.9. The molecule has 1 aliphatic heterocycles. The highest BCUT2D eigenvalue weighted by Gasteiger charge is 2.16. The van der Waals surface area contributed by atoms with Gasteiger partial charge in [-0.3, -0.25) is 4.72 Å². The van der Waals surface area contributed by atoms with E-state index >= 15 is 0 Å². The fourth-order valence-electron chi connectivity index (χ4n) is 2.43. The summed E-state index contributed by atoms with van der Waals surface area (Å²) in [6.45, 7) is 2.69. The second-order valence-electron chi connectivity index (χ2n) is 5.19. The molecule has 1 aromatic heterocycles. The van der Waals surface area contributed by atoms with Crippen molar-refractivity contribution in [1.82, 2.24) is 5.16 Å². The lowest BCUT2D eigenvalue weighted by Crippen LogP contribution is -2.16. The van der Waals surface area contributed by atoms with Gasteiger partial charge in [-0.1, -0.05) is 5.16 Å². The van der Waals surface area contributed by atoms with Crippen LogP contribution in [-0.4, -0.2) is 20.1 Å². The topological polar surface area (TPSA) is 84.2 Å². The first-order valence-electron chi connectivity index (χ1n) is 6.81. The molecule has 7 heteroatoms. The third-order valence-electron chi connectivity index (χ3n) is 3.33. The summed E-state index contributed by atoms with van der Waals surface area (Å²) in [7, 11) is -3.49. The highest BCUT2D eigenvalue weighted by atomic mass is 32.2. The Morgan fingerprint density at radius 2 is 2.24 bits per heavy atom. The first-order chi connectivity index (χ1) is 10.0. The first-order valence-corrected chi connectivity index (χ1v) is 8.46. The predicted molar refractivity (Wildman–Crippen MR) is 80.7 cm³/mol. The molecule has 0 radical (unpaired) electrons. The smallest absolute Gasteiger partial charge is 0.238 e. The van der Waals surface area contributed by atoms with E-state index in [0.29, 0.717) is 17.1 Å². The van der Waals surface area contributed by atoms with Crippen LogP contribution in [-0.2, 0) is 22.2 Å². The van der Waals surface area contributed by atoms with E-state index in [2.05, 4.69) is 15.2 Å². The van der Waals surface area contributed by atoms with E-state index in [1.54, 1.807) is 19.1 Å². The fourth-order valence-corrected chi connectivity index (χ4v) is 3.52. The van der Waals surface area contributed by atoms with Gasteiger partial charge in [-0.15, -0.1) is 0 Å². The van der Waals surface area contributed by atoms with E-state index in [1.807, 2.05) is 12.1 Å². The molecular formula is C14H17N3O3S. The maximum atomic E-state index is 12.1. The average molecular weight is 307 g/mol. The Morgan fingerprint density at radius 3 is 3.00 bits per heavy atom. The molecule has 0 unspecified atom stereocenters. The normalized spacial score (nSPS) is 14.3. The van der Waals surface area contributed by atoms with Crippen LogP contribution >= 0.6 is 0 Å². The Morgan fingerprint density at radius 1 is 1.38 bits per heavy atom. The van der Waals surface area contributed by atoms with Crippen molar-refractivity contribution in [2.24, 2.45) is 0 Å². The summed E-state index contributed by atoms with van der Waals surface area (Å²) < 4.78 is 31.7. The quantitative estimate of drug-likeness (QED) is 0.905. The van der Waals surface area contributed by atoms with Gasteiger partial charge in [-0.2, -0.15) is 0 Å². The van der Waals surface area contributed by atoms with Gasteiger partial charge in [0.05, 0.1) is 0 Å². The lowest BCUT2D eigenvalue weighted by molar-refractivity contribution is 0.392. The average Bonchev–Trinajstić information content (AvgIpc) is 2.82. The van der Waals surface area contributed by atoms with Crippen LogP contribution < -0.4 is 10.0 Å². The Kier molecular flexibility index (Phi) is 3.59. The molecule has 2 aromatic rings. The number of benzene rings is 1. The largest absolute Gasteiger partial charge is 0.385 e. The Hall–Kier alpha value is -2.02. The molecule has 0 saturated heterocycles. The minimum atomic E-state index is -3.49. The van der Waals surface area contributed by atoms with Crippen LogP contribution in [0.15, 0.2) is 28.8 Å². The van der Waals surface area contributed by atoms with Crippen molar-refractivity contribution >= 4 is 21.4 Å². The summed E-state index contributed by atoms with van der Waals surface area (Å²) in [6.07, 6.45) is 2.02. The van der Waals surface area contributed by atoms with Gasteiger partial charge >= 0.3 is 0 Å². The van der Waals surface area contributed by atoms with Gasteiger partial charge in [0, 0.05) is 24.0 Å². The van der Waals surface area contributed by atoms with E-state index in [-0.39, 0.29) is 5.75 Å². The van der Waals surface area contributed by atoms with Gasteiger partial charge in [-0.05, 0) is 43.5 Å². The molecule has 0 amide bonds. The molecule has 2 heterocycles. The molecule has 6 nitrogen and oxygen atoms in total. The summed E-state index contributed by atoms with van der Waals surface area (Å²) in [5.41, 5.74) is 3.20. The first kappa shape index (κ1) is 13.9. The monoisotopic (exact) mass is 307 g/mol. The number of nitrogens with one attached hydrogen (secondary N) is 2. The SMILES string of the molecule is Cc1cc(CS(=O)(=O)Nc2ccc3c(c2)CCCN3)no1. The van der Waals surface area contributed by atoms with Crippen LogP contribution in [0.4, 0.5) is 11.4 Å². The van der Waals surface area contributed by atoms with Crippen LogP contribution in [0, 0.1) is 6.92 Å². The molecule has 2 N–H and O–H groups in total. The second-order valence-corrected chi connectivity index (χ2v) is 6.91. The molecule has 21 heavy (non-hydrogen) atoms. The van der Waals surface area contributed by atoms with Crippen molar-refractivity contribution in [3.63, 3.8) is 0 Å². The van der Waals surface area contributed by atoms with E-state index in [0.717, 1.165) is 30.6 Å². The standard InChI is InChI=1S/C14H17N3O3S/c1-10-7-13(16-20-10)9-21(18,19)17-12-4-5-14-11(8-12)3-2-6-15-14/h4-5,7-8,15,17H,2-3,6,9H2,1H3. The Balaban J connectivity index is 1.76. The fraction of sp³-hybridized carbons (Fsp3) is 0.357. The molecule has 0 bridgehead atoms. The van der Waals surface area contributed by atoms with E-state index in [4.69, 9.17) is 4.52 Å². The molecule has 0 saturated carbocycles.